The van der Waals surface area contributed by atoms with Gasteiger partial charge in [0.2, 0.25) is 0 Å². The number of rotatable bonds is 0. The summed E-state index contributed by atoms with van der Waals surface area (Å²) < 4.78 is 51.0. The first-order valence-corrected chi connectivity index (χ1v) is 4.25. The molecule has 0 spiro atoms. The highest BCUT2D eigenvalue weighted by Gasteiger charge is 2.20. The number of benzene rings is 1. The summed E-state index contributed by atoms with van der Waals surface area (Å²) in [5.74, 6) is -6.20. The standard InChI is InChI=1S/C8H2F4S/c9-5-3-1-13-2-4(3)6(10)8(12)7(5)11/h1-2H. The monoisotopic (exact) mass is 206 g/mol. The maximum atomic E-state index is 12.9. The van der Waals surface area contributed by atoms with Gasteiger partial charge in [-0.25, -0.2) is 17.6 Å². The molecule has 5 heteroatoms. The number of hydrogen-bond acceptors (Lipinski definition) is 1. The van der Waals surface area contributed by atoms with Crippen LogP contribution in [0.3, 0.4) is 0 Å². The molecule has 0 amide bonds. The fourth-order valence-electron chi connectivity index (χ4n) is 1.07. The molecule has 1 aromatic heterocycles. The Labute approximate surface area is 74.4 Å². The minimum absolute atomic E-state index is 0.221. The molecule has 0 N–H and O–H groups in total. The lowest BCUT2D eigenvalue weighted by Gasteiger charge is -1.98. The largest absolute Gasteiger partial charge is 0.203 e. The van der Waals surface area contributed by atoms with Gasteiger partial charge in [-0.15, -0.1) is 0 Å². The van der Waals surface area contributed by atoms with Crippen molar-refractivity contribution in [3.05, 3.63) is 34.0 Å². The Bertz CT molecular complexity index is 432. The van der Waals surface area contributed by atoms with Crippen molar-refractivity contribution in [2.75, 3.05) is 0 Å². The molecular formula is C8H2F4S. The lowest BCUT2D eigenvalue weighted by Crippen LogP contribution is -1.95. The molecule has 0 nitrogen and oxygen atoms in total. The normalized spacial score (nSPS) is 11.1. The van der Waals surface area contributed by atoms with Crippen molar-refractivity contribution < 1.29 is 17.6 Å². The van der Waals surface area contributed by atoms with Crippen molar-refractivity contribution in [1.29, 1.82) is 0 Å². The van der Waals surface area contributed by atoms with Gasteiger partial charge < -0.3 is 0 Å². The second-order valence-corrected chi connectivity index (χ2v) is 3.20. The van der Waals surface area contributed by atoms with E-state index in [1.165, 1.54) is 10.8 Å². The average Bonchev–Trinajstić information content (AvgIpc) is 2.59. The van der Waals surface area contributed by atoms with Gasteiger partial charge in [-0.05, 0) is 0 Å². The summed E-state index contributed by atoms with van der Waals surface area (Å²) in [5.41, 5.74) is 0. The van der Waals surface area contributed by atoms with Crippen LogP contribution in [0.2, 0.25) is 0 Å². The fourth-order valence-corrected chi connectivity index (χ4v) is 1.87. The molecule has 0 bridgehead atoms. The molecule has 0 atom stereocenters. The molecule has 0 fully saturated rings. The van der Waals surface area contributed by atoms with Gasteiger partial charge in [0.05, 0.1) is 0 Å². The van der Waals surface area contributed by atoms with Gasteiger partial charge in [0.25, 0.3) is 0 Å². The summed E-state index contributed by atoms with van der Waals surface area (Å²) in [6.07, 6.45) is 0. The van der Waals surface area contributed by atoms with E-state index < -0.39 is 23.3 Å². The van der Waals surface area contributed by atoms with E-state index in [1.807, 2.05) is 0 Å². The summed E-state index contributed by atoms with van der Waals surface area (Å²) in [6.45, 7) is 0. The molecule has 2 rings (SSSR count). The molecule has 1 aromatic carbocycles. The summed E-state index contributed by atoms with van der Waals surface area (Å²) >= 11 is 0.985. The Balaban J connectivity index is 3.02. The Kier molecular flexibility index (Phi) is 1.76. The van der Waals surface area contributed by atoms with Crippen LogP contribution in [0.25, 0.3) is 10.8 Å². The lowest BCUT2D eigenvalue weighted by atomic mass is 10.2. The van der Waals surface area contributed by atoms with Gasteiger partial charge in [0, 0.05) is 21.5 Å². The van der Waals surface area contributed by atoms with Crippen LogP contribution in [0.5, 0.6) is 0 Å². The predicted octanol–water partition coefficient (Wildman–Crippen LogP) is 3.46. The number of thiophene rings is 1. The van der Waals surface area contributed by atoms with Gasteiger partial charge in [0.15, 0.2) is 23.3 Å². The van der Waals surface area contributed by atoms with Crippen molar-refractivity contribution in [2.24, 2.45) is 0 Å². The highest BCUT2D eigenvalue weighted by Crippen LogP contribution is 2.29. The van der Waals surface area contributed by atoms with E-state index in [1.54, 1.807) is 0 Å². The molecule has 0 saturated heterocycles. The maximum absolute atomic E-state index is 12.9. The van der Waals surface area contributed by atoms with E-state index in [9.17, 15) is 17.6 Å². The molecule has 0 aliphatic carbocycles. The molecule has 2 aromatic rings. The van der Waals surface area contributed by atoms with Crippen LogP contribution in [0.15, 0.2) is 10.8 Å². The van der Waals surface area contributed by atoms with Crippen molar-refractivity contribution in [3.63, 3.8) is 0 Å². The van der Waals surface area contributed by atoms with Crippen molar-refractivity contribution in [2.45, 2.75) is 0 Å². The first-order valence-electron chi connectivity index (χ1n) is 3.30. The summed E-state index contributed by atoms with van der Waals surface area (Å²) in [4.78, 5) is 0. The molecule has 0 radical (unpaired) electrons. The van der Waals surface area contributed by atoms with Gasteiger partial charge in [-0.3, -0.25) is 0 Å². The topological polar surface area (TPSA) is 0 Å². The number of halogens is 4. The Morgan fingerprint density at radius 3 is 1.46 bits per heavy atom. The molecule has 1 heterocycles. The van der Waals surface area contributed by atoms with Gasteiger partial charge in [-0.1, -0.05) is 0 Å². The van der Waals surface area contributed by atoms with E-state index >= 15 is 0 Å². The fraction of sp³-hybridized carbons (Fsp3) is 0. The summed E-state index contributed by atoms with van der Waals surface area (Å²) in [5, 5.41) is 2.02. The Morgan fingerprint density at radius 1 is 0.692 bits per heavy atom. The van der Waals surface area contributed by atoms with Crippen LogP contribution >= 0.6 is 11.3 Å². The average molecular weight is 206 g/mol. The van der Waals surface area contributed by atoms with Crippen molar-refractivity contribution in [3.8, 4) is 0 Å². The van der Waals surface area contributed by atoms with Crippen LogP contribution in [0, 0.1) is 23.3 Å². The van der Waals surface area contributed by atoms with Gasteiger partial charge >= 0.3 is 0 Å². The van der Waals surface area contributed by atoms with E-state index in [4.69, 9.17) is 0 Å². The zero-order valence-electron chi connectivity index (χ0n) is 6.07. The SMILES string of the molecule is Fc1c(F)c(F)c2cscc2c1F. The molecule has 13 heavy (non-hydrogen) atoms. The van der Waals surface area contributed by atoms with Crippen LogP contribution in [-0.2, 0) is 0 Å². The third kappa shape index (κ3) is 1.03. The van der Waals surface area contributed by atoms with Gasteiger partial charge in [0.1, 0.15) is 0 Å². The van der Waals surface area contributed by atoms with Crippen LogP contribution < -0.4 is 0 Å². The third-order valence-corrected chi connectivity index (χ3v) is 2.46. The van der Waals surface area contributed by atoms with Crippen molar-refractivity contribution in [1.82, 2.24) is 0 Å². The second-order valence-electron chi connectivity index (χ2n) is 2.46. The molecule has 0 unspecified atom stereocenters. The minimum atomic E-state index is -1.76. The van der Waals surface area contributed by atoms with E-state index in [0.717, 1.165) is 11.3 Å². The zero-order chi connectivity index (χ0) is 9.59. The molecule has 0 saturated carbocycles. The molecular weight excluding hydrogens is 204 g/mol. The van der Waals surface area contributed by atoms with Crippen molar-refractivity contribution >= 4 is 22.1 Å². The zero-order valence-corrected chi connectivity index (χ0v) is 6.89. The minimum Gasteiger partial charge on any atom is -0.203 e. The van der Waals surface area contributed by atoms with E-state index in [0.29, 0.717) is 0 Å². The molecule has 0 aliphatic heterocycles. The molecule has 68 valence electrons. The third-order valence-electron chi connectivity index (χ3n) is 1.71. The maximum Gasteiger partial charge on any atom is 0.198 e. The quantitative estimate of drug-likeness (QED) is 0.352. The summed E-state index contributed by atoms with van der Waals surface area (Å²) in [6, 6.07) is 0. The van der Waals surface area contributed by atoms with Crippen LogP contribution in [0.4, 0.5) is 17.6 Å². The first-order chi connectivity index (χ1) is 6.13. The highest BCUT2D eigenvalue weighted by molar-refractivity contribution is 7.09. The smallest absolute Gasteiger partial charge is 0.198 e. The number of hydrogen-bond donors (Lipinski definition) is 0. The summed E-state index contributed by atoms with van der Waals surface area (Å²) in [7, 11) is 0. The molecule has 0 aliphatic rings. The number of fused-ring (bicyclic) bond motifs is 1. The predicted molar refractivity (Wildman–Crippen MR) is 41.7 cm³/mol. The first kappa shape index (κ1) is 8.50. The van der Waals surface area contributed by atoms with Gasteiger partial charge in [-0.2, -0.15) is 11.3 Å². The lowest BCUT2D eigenvalue weighted by molar-refractivity contribution is 0.418. The Hall–Kier alpha value is -1.10. The Morgan fingerprint density at radius 2 is 1.08 bits per heavy atom. The van der Waals surface area contributed by atoms with Crippen LogP contribution in [-0.4, -0.2) is 0 Å². The van der Waals surface area contributed by atoms with E-state index in [-0.39, 0.29) is 10.8 Å². The van der Waals surface area contributed by atoms with E-state index in [2.05, 4.69) is 0 Å². The second kappa shape index (κ2) is 2.70. The highest BCUT2D eigenvalue weighted by atomic mass is 32.1. The van der Waals surface area contributed by atoms with Crippen LogP contribution in [0.1, 0.15) is 0 Å².